The van der Waals surface area contributed by atoms with Crippen LogP contribution in [0.1, 0.15) is 29.1 Å². The minimum Gasteiger partial charge on any atom is -0.390 e. The number of hydrogen-bond acceptors (Lipinski definition) is 3. The van der Waals surface area contributed by atoms with Gasteiger partial charge in [-0.15, -0.1) is 11.3 Å². The number of nitrogens with zero attached hydrogens (tertiary/aromatic N) is 1. The lowest BCUT2D eigenvalue weighted by molar-refractivity contribution is 0.0775. The molecule has 6 heteroatoms. The van der Waals surface area contributed by atoms with E-state index in [2.05, 4.69) is 0 Å². The number of carbonyl (C=O) groups is 1. The molecule has 0 fully saturated rings. The molecule has 0 spiro atoms. The van der Waals surface area contributed by atoms with Crippen LogP contribution in [-0.2, 0) is 0 Å². The van der Waals surface area contributed by atoms with E-state index in [1.807, 2.05) is 26.8 Å². The first kappa shape index (κ1) is 17.1. The molecule has 1 aromatic heterocycles. The molecule has 2 aromatic rings. The standard InChI is InChI=1S/C16H18Cl2N2OS/c1-4-20(5-2)16(21)14-13(9(3)22-15(14)19)11-7-6-10(17)8-12(11)18/h6-8H,4-5,19H2,1-3H3. The molecule has 2 rings (SSSR count). The first-order valence-corrected chi connectivity index (χ1v) is 8.61. The van der Waals surface area contributed by atoms with Crippen LogP contribution in [-0.4, -0.2) is 23.9 Å². The summed E-state index contributed by atoms with van der Waals surface area (Å²) in [7, 11) is 0. The van der Waals surface area contributed by atoms with Crippen molar-refractivity contribution in [2.45, 2.75) is 20.8 Å². The number of thiophene rings is 1. The van der Waals surface area contributed by atoms with Gasteiger partial charge in [0, 0.05) is 39.1 Å². The summed E-state index contributed by atoms with van der Waals surface area (Å²) in [5, 5.41) is 1.60. The summed E-state index contributed by atoms with van der Waals surface area (Å²) in [6, 6.07) is 5.28. The molecule has 0 saturated heterocycles. The minimum absolute atomic E-state index is 0.0622. The fraction of sp³-hybridized carbons (Fsp3) is 0.312. The monoisotopic (exact) mass is 356 g/mol. The van der Waals surface area contributed by atoms with E-state index >= 15 is 0 Å². The van der Waals surface area contributed by atoms with E-state index in [1.54, 1.807) is 17.0 Å². The van der Waals surface area contributed by atoms with E-state index in [-0.39, 0.29) is 5.91 Å². The van der Waals surface area contributed by atoms with Crippen molar-refractivity contribution in [1.29, 1.82) is 0 Å². The SMILES string of the molecule is CCN(CC)C(=O)c1c(N)sc(C)c1-c1ccc(Cl)cc1Cl. The third kappa shape index (κ3) is 3.09. The summed E-state index contributed by atoms with van der Waals surface area (Å²) in [4.78, 5) is 15.5. The molecule has 0 aliphatic heterocycles. The van der Waals surface area contributed by atoms with Crippen molar-refractivity contribution in [3.63, 3.8) is 0 Å². The van der Waals surface area contributed by atoms with E-state index in [1.165, 1.54) is 11.3 Å². The Morgan fingerprint density at radius 1 is 1.27 bits per heavy atom. The van der Waals surface area contributed by atoms with Crippen LogP contribution >= 0.6 is 34.5 Å². The highest BCUT2D eigenvalue weighted by Crippen LogP contribution is 2.42. The number of rotatable bonds is 4. The molecule has 1 heterocycles. The van der Waals surface area contributed by atoms with Gasteiger partial charge in [0.2, 0.25) is 0 Å². The topological polar surface area (TPSA) is 46.3 Å². The van der Waals surface area contributed by atoms with Crippen molar-refractivity contribution in [3.8, 4) is 11.1 Å². The molecule has 0 radical (unpaired) electrons. The highest BCUT2D eigenvalue weighted by atomic mass is 35.5. The molecule has 0 saturated carbocycles. The summed E-state index contributed by atoms with van der Waals surface area (Å²) < 4.78 is 0. The van der Waals surface area contributed by atoms with Gasteiger partial charge in [-0.3, -0.25) is 4.79 Å². The Balaban J connectivity index is 2.64. The molecule has 3 nitrogen and oxygen atoms in total. The molecule has 2 N–H and O–H groups in total. The van der Waals surface area contributed by atoms with Gasteiger partial charge in [-0.05, 0) is 32.9 Å². The maximum atomic E-state index is 12.8. The van der Waals surface area contributed by atoms with Gasteiger partial charge in [0.05, 0.1) is 10.6 Å². The Hall–Kier alpha value is -1.23. The van der Waals surface area contributed by atoms with E-state index in [4.69, 9.17) is 28.9 Å². The number of benzene rings is 1. The Morgan fingerprint density at radius 2 is 1.91 bits per heavy atom. The second-order valence-electron chi connectivity index (χ2n) is 4.87. The van der Waals surface area contributed by atoms with Gasteiger partial charge >= 0.3 is 0 Å². The largest absolute Gasteiger partial charge is 0.390 e. The number of carbonyl (C=O) groups excluding carboxylic acids is 1. The zero-order chi connectivity index (χ0) is 16.4. The molecule has 0 atom stereocenters. The van der Waals surface area contributed by atoms with Gasteiger partial charge in [0.1, 0.15) is 0 Å². The Kier molecular flexibility index (Phi) is 5.37. The number of aryl methyl sites for hydroxylation is 1. The first-order valence-electron chi connectivity index (χ1n) is 7.04. The molecule has 0 unspecified atom stereocenters. The zero-order valence-corrected chi connectivity index (χ0v) is 15.1. The normalized spacial score (nSPS) is 10.8. The van der Waals surface area contributed by atoms with E-state index < -0.39 is 0 Å². The average Bonchev–Trinajstić information content (AvgIpc) is 2.74. The van der Waals surface area contributed by atoms with Gasteiger partial charge < -0.3 is 10.6 Å². The molecule has 0 aliphatic rings. The Bertz CT molecular complexity index is 708. The molecule has 0 aliphatic carbocycles. The number of halogens is 2. The first-order chi connectivity index (χ1) is 10.4. The van der Waals surface area contributed by atoms with Crippen LogP contribution in [0.5, 0.6) is 0 Å². The number of anilines is 1. The maximum Gasteiger partial charge on any atom is 0.257 e. The quantitative estimate of drug-likeness (QED) is 0.828. The van der Waals surface area contributed by atoms with E-state index in [0.29, 0.717) is 33.7 Å². The molecular weight excluding hydrogens is 339 g/mol. The van der Waals surface area contributed by atoms with Crippen LogP contribution in [0.4, 0.5) is 5.00 Å². The predicted octanol–water partition coefficient (Wildman–Crippen LogP) is 5.09. The average molecular weight is 357 g/mol. The smallest absolute Gasteiger partial charge is 0.257 e. The highest BCUT2D eigenvalue weighted by Gasteiger charge is 2.25. The van der Waals surface area contributed by atoms with Crippen molar-refractivity contribution in [3.05, 3.63) is 38.7 Å². The fourth-order valence-electron chi connectivity index (χ4n) is 2.46. The van der Waals surface area contributed by atoms with Crippen LogP contribution in [0.15, 0.2) is 18.2 Å². The van der Waals surface area contributed by atoms with Crippen molar-refractivity contribution in [1.82, 2.24) is 4.90 Å². The molecule has 22 heavy (non-hydrogen) atoms. The number of nitrogens with two attached hydrogens (primary N) is 1. The second-order valence-corrected chi connectivity index (χ2v) is 6.97. The fourth-order valence-corrected chi connectivity index (χ4v) is 3.90. The van der Waals surface area contributed by atoms with Crippen LogP contribution in [0.3, 0.4) is 0 Å². The maximum absolute atomic E-state index is 12.8. The minimum atomic E-state index is -0.0622. The lowest BCUT2D eigenvalue weighted by Crippen LogP contribution is -2.31. The van der Waals surface area contributed by atoms with Crippen molar-refractivity contribution in [2.24, 2.45) is 0 Å². The molecule has 0 bridgehead atoms. The molecule has 118 valence electrons. The van der Waals surface area contributed by atoms with E-state index in [0.717, 1.165) is 16.0 Å². The van der Waals surface area contributed by atoms with Crippen LogP contribution in [0.2, 0.25) is 10.0 Å². The highest BCUT2D eigenvalue weighted by molar-refractivity contribution is 7.16. The summed E-state index contributed by atoms with van der Waals surface area (Å²) in [6.07, 6.45) is 0. The number of hydrogen-bond donors (Lipinski definition) is 1. The zero-order valence-electron chi connectivity index (χ0n) is 12.7. The lowest BCUT2D eigenvalue weighted by atomic mass is 10.0. The lowest BCUT2D eigenvalue weighted by Gasteiger charge is -2.20. The summed E-state index contributed by atoms with van der Waals surface area (Å²) >= 11 is 13.7. The third-order valence-electron chi connectivity index (χ3n) is 3.58. The van der Waals surface area contributed by atoms with E-state index in [9.17, 15) is 4.79 Å². The van der Waals surface area contributed by atoms with Crippen LogP contribution in [0.25, 0.3) is 11.1 Å². The number of amides is 1. The molecule has 1 amide bonds. The van der Waals surface area contributed by atoms with Crippen molar-refractivity contribution in [2.75, 3.05) is 18.8 Å². The molecule has 1 aromatic carbocycles. The third-order valence-corrected chi connectivity index (χ3v) is 5.06. The summed E-state index contributed by atoms with van der Waals surface area (Å²) in [6.45, 7) is 7.12. The summed E-state index contributed by atoms with van der Waals surface area (Å²) in [5.74, 6) is -0.0622. The van der Waals surface area contributed by atoms with Gasteiger partial charge in [0.15, 0.2) is 0 Å². The van der Waals surface area contributed by atoms with Crippen molar-refractivity contribution >= 4 is 45.4 Å². The summed E-state index contributed by atoms with van der Waals surface area (Å²) in [5.41, 5.74) is 8.24. The Labute approximate surface area is 144 Å². The predicted molar refractivity (Wildman–Crippen MR) is 96.2 cm³/mol. The van der Waals surface area contributed by atoms with Gasteiger partial charge in [-0.2, -0.15) is 0 Å². The number of nitrogen functional groups attached to an aromatic ring is 1. The molecular formula is C16H18Cl2N2OS. The van der Waals surface area contributed by atoms with Crippen LogP contribution in [0, 0.1) is 6.92 Å². The second kappa shape index (κ2) is 6.90. The Morgan fingerprint density at radius 3 is 2.45 bits per heavy atom. The van der Waals surface area contributed by atoms with Gasteiger partial charge in [0.25, 0.3) is 5.91 Å². The van der Waals surface area contributed by atoms with Crippen LogP contribution < -0.4 is 5.73 Å². The van der Waals surface area contributed by atoms with Gasteiger partial charge in [-0.1, -0.05) is 29.3 Å². The van der Waals surface area contributed by atoms with Crippen molar-refractivity contribution < 1.29 is 4.79 Å². The van der Waals surface area contributed by atoms with Gasteiger partial charge in [-0.25, -0.2) is 0 Å².